The Kier molecular flexibility index (Phi) is 4.45. The van der Waals surface area contributed by atoms with Crippen LogP contribution in [0.1, 0.15) is 6.42 Å². The topological polar surface area (TPSA) is 83.1 Å². The number of carbonyl (C=O) groups excluding carboxylic acids is 1. The van der Waals surface area contributed by atoms with E-state index in [0.717, 1.165) is 11.3 Å². The lowest BCUT2D eigenvalue weighted by atomic mass is 10.1. The van der Waals surface area contributed by atoms with Crippen molar-refractivity contribution >= 4 is 17.4 Å². The van der Waals surface area contributed by atoms with Gasteiger partial charge in [-0.25, -0.2) is 9.37 Å². The molecule has 7 nitrogen and oxygen atoms in total. The molecular weight excluding hydrogens is 349 g/mol. The number of amides is 1. The monoisotopic (exact) mass is 367 g/mol. The van der Waals surface area contributed by atoms with Gasteiger partial charge in [0.15, 0.2) is 11.6 Å². The maximum atomic E-state index is 14.6. The lowest BCUT2D eigenvalue weighted by molar-refractivity contribution is -0.117. The van der Waals surface area contributed by atoms with E-state index in [0.29, 0.717) is 24.3 Å². The molecule has 1 amide bonds. The van der Waals surface area contributed by atoms with Gasteiger partial charge in [0.1, 0.15) is 11.8 Å². The standard InChI is InChI=1S/C19H18FN5O2/c1-27-15-4-2-3-14(8-15)24-17-5-6-25(19(17)26)18-16(20)7-12(9-21-18)13-10-22-23-11-13/h2-4,7-11,17,24H,5-6H2,1H3,(H,22,23). The molecule has 3 aromatic rings. The molecule has 1 aromatic carbocycles. The summed E-state index contributed by atoms with van der Waals surface area (Å²) < 4.78 is 19.8. The molecule has 3 heterocycles. The Hall–Kier alpha value is -3.42. The van der Waals surface area contributed by atoms with Gasteiger partial charge in [0, 0.05) is 41.8 Å². The zero-order valence-corrected chi connectivity index (χ0v) is 14.6. The first-order chi connectivity index (χ1) is 13.2. The van der Waals surface area contributed by atoms with Crippen LogP contribution in [0.5, 0.6) is 5.75 Å². The number of hydrogen-bond acceptors (Lipinski definition) is 5. The van der Waals surface area contributed by atoms with Crippen molar-refractivity contribution in [2.24, 2.45) is 0 Å². The van der Waals surface area contributed by atoms with E-state index >= 15 is 0 Å². The second-order valence-electron chi connectivity index (χ2n) is 6.22. The highest BCUT2D eigenvalue weighted by Crippen LogP contribution is 2.28. The van der Waals surface area contributed by atoms with E-state index in [-0.39, 0.29) is 11.7 Å². The molecule has 1 saturated heterocycles. The summed E-state index contributed by atoms with van der Waals surface area (Å²) in [4.78, 5) is 18.3. The summed E-state index contributed by atoms with van der Waals surface area (Å²) in [5, 5.41) is 9.71. The molecule has 27 heavy (non-hydrogen) atoms. The van der Waals surface area contributed by atoms with E-state index in [4.69, 9.17) is 4.74 Å². The van der Waals surface area contributed by atoms with Crippen LogP contribution in [-0.2, 0) is 4.79 Å². The molecule has 1 fully saturated rings. The molecule has 0 saturated carbocycles. The highest BCUT2D eigenvalue weighted by molar-refractivity contribution is 6.00. The van der Waals surface area contributed by atoms with E-state index in [2.05, 4.69) is 20.5 Å². The number of benzene rings is 1. The third kappa shape index (κ3) is 3.33. The Bertz CT molecular complexity index is 960. The number of nitrogens with zero attached hydrogens (tertiary/aromatic N) is 3. The van der Waals surface area contributed by atoms with Crippen LogP contribution in [-0.4, -0.2) is 40.8 Å². The summed E-state index contributed by atoms with van der Waals surface area (Å²) in [6.45, 7) is 0.398. The first-order valence-corrected chi connectivity index (χ1v) is 8.52. The highest BCUT2D eigenvalue weighted by Gasteiger charge is 2.34. The molecular formula is C19H18FN5O2. The number of rotatable bonds is 5. The van der Waals surface area contributed by atoms with Crippen LogP contribution in [0.2, 0.25) is 0 Å². The Balaban J connectivity index is 1.51. The number of ether oxygens (including phenoxy) is 1. The summed E-state index contributed by atoms with van der Waals surface area (Å²) in [6.07, 6.45) is 5.34. The SMILES string of the molecule is COc1cccc(NC2CCN(c3ncc(-c4cn[nH]c4)cc3F)C2=O)c1. The zero-order valence-electron chi connectivity index (χ0n) is 14.6. The fourth-order valence-corrected chi connectivity index (χ4v) is 3.13. The Morgan fingerprint density at radius 3 is 2.93 bits per heavy atom. The van der Waals surface area contributed by atoms with Crippen molar-refractivity contribution in [3.05, 3.63) is 54.7 Å². The van der Waals surface area contributed by atoms with E-state index in [9.17, 15) is 9.18 Å². The quantitative estimate of drug-likeness (QED) is 0.725. The van der Waals surface area contributed by atoms with Gasteiger partial charge in [-0.3, -0.25) is 14.8 Å². The molecule has 1 atom stereocenters. The normalized spacial score (nSPS) is 16.6. The number of anilines is 2. The van der Waals surface area contributed by atoms with E-state index in [1.807, 2.05) is 24.3 Å². The van der Waals surface area contributed by atoms with Crippen molar-refractivity contribution in [1.82, 2.24) is 15.2 Å². The number of carbonyl (C=O) groups is 1. The minimum Gasteiger partial charge on any atom is -0.497 e. The minimum absolute atomic E-state index is 0.0437. The smallest absolute Gasteiger partial charge is 0.250 e. The molecule has 2 aromatic heterocycles. The number of hydrogen-bond donors (Lipinski definition) is 2. The number of H-pyrrole nitrogens is 1. The average molecular weight is 367 g/mol. The van der Waals surface area contributed by atoms with Crippen LogP contribution < -0.4 is 15.0 Å². The van der Waals surface area contributed by atoms with Crippen LogP contribution in [0.15, 0.2) is 48.9 Å². The maximum Gasteiger partial charge on any atom is 0.250 e. The number of aromatic nitrogens is 3. The van der Waals surface area contributed by atoms with Gasteiger partial charge in [0.25, 0.3) is 5.91 Å². The van der Waals surface area contributed by atoms with Crippen molar-refractivity contribution in [1.29, 1.82) is 0 Å². The van der Waals surface area contributed by atoms with Gasteiger partial charge in [-0.05, 0) is 24.6 Å². The fourth-order valence-electron chi connectivity index (χ4n) is 3.13. The van der Waals surface area contributed by atoms with Gasteiger partial charge in [-0.1, -0.05) is 6.07 Å². The molecule has 4 rings (SSSR count). The average Bonchev–Trinajstić information content (AvgIpc) is 3.33. The predicted octanol–water partition coefficient (Wildman–Crippen LogP) is 2.84. The molecule has 2 N–H and O–H groups in total. The second-order valence-corrected chi connectivity index (χ2v) is 6.22. The minimum atomic E-state index is -0.538. The van der Waals surface area contributed by atoms with Gasteiger partial charge in [-0.2, -0.15) is 5.10 Å². The second kappa shape index (κ2) is 7.06. The van der Waals surface area contributed by atoms with Gasteiger partial charge in [0.05, 0.1) is 13.3 Å². The molecule has 1 unspecified atom stereocenters. The number of halogens is 1. The van der Waals surface area contributed by atoms with Crippen molar-refractivity contribution in [2.75, 3.05) is 23.9 Å². The lowest BCUT2D eigenvalue weighted by Crippen LogP contribution is -2.34. The molecule has 0 radical (unpaired) electrons. The van der Waals surface area contributed by atoms with Crippen LogP contribution >= 0.6 is 0 Å². The Morgan fingerprint density at radius 1 is 1.30 bits per heavy atom. The fraction of sp³-hybridized carbons (Fsp3) is 0.211. The number of methoxy groups -OCH3 is 1. The van der Waals surface area contributed by atoms with E-state index < -0.39 is 11.9 Å². The molecule has 0 spiro atoms. The van der Waals surface area contributed by atoms with Crippen LogP contribution in [0.25, 0.3) is 11.1 Å². The van der Waals surface area contributed by atoms with Gasteiger partial charge in [0.2, 0.25) is 0 Å². The first-order valence-electron chi connectivity index (χ1n) is 8.52. The zero-order chi connectivity index (χ0) is 18.8. The Morgan fingerprint density at radius 2 is 2.19 bits per heavy atom. The van der Waals surface area contributed by atoms with E-state index in [1.165, 1.54) is 11.0 Å². The van der Waals surface area contributed by atoms with Crippen LogP contribution in [0.3, 0.4) is 0 Å². The van der Waals surface area contributed by atoms with E-state index in [1.54, 1.807) is 25.7 Å². The van der Waals surface area contributed by atoms with Crippen molar-refractivity contribution in [3.8, 4) is 16.9 Å². The van der Waals surface area contributed by atoms with Gasteiger partial charge < -0.3 is 10.1 Å². The molecule has 1 aliphatic rings. The summed E-state index contributed by atoms with van der Waals surface area (Å²) in [5.74, 6) is -0.00334. The predicted molar refractivity (Wildman–Crippen MR) is 99.2 cm³/mol. The summed E-state index contributed by atoms with van der Waals surface area (Å²) >= 11 is 0. The third-order valence-electron chi connectivity index (χ3n) is 4.53. The van der Waals surface area contributed by atoms with Crippen molar-refractivity contribution in [2.45, 2.75) is 12.5 Å². The highest BCUT2D eigenvalue weighted by atomic mass is 19.1. The maximum absolute atomic E-state index is 14.6. The Labute approximate surface area is 155 Å². The van der Waals surface area contributed by atoms with Crippen LogP contribution in [0, 0.1) is 5.82 Å². The van der Waals surface area contributed by atoms with Crippen molar-refractivity contribution in [3.63, 3.8) is 0 Å². The number of pyridine rings is 1. The van der Waals surface area contributed by atoms with Crippen molar-refractivity contribution < 1.29 is 13.9 Å². The number of aromatic amines is 1. The largest absolute Gasteiger partial charge is 0.497 e. The molecule has 1 aliphatic heterocycles. The molecule has 138 valence electrons. The molecule has 8 heteroatoms. The summed E-state index contributed by atoms with van der Waals surface area (Å²) in [6, 6.07) is 8.27. The van der Waals surface area contributed by atoms with Gasteiger partial charge >= 0.3 is 0 Å². The van der Waals surface area contributed by atoms with Gasteiger partial charge in [-0.15, -0.1) is 0 Å². The van der Waals surface area contributed by atoms with Crippen LogP contribution in [0.4, 0.5) is 15.9 Å². The lowest BCUT2D eigenvalue weighted by Gasteiger charge is -2.18. The molecule has 0 aliphatic carbocycles. The summed E-state index contributed by atoms with van der Waals surface area (Å²) in [7, 11) is 1.59. The summed E-state index contributed by atoms with van der Waals surface area (Å²) in [5.41, 5.74) is 2.11. The first kappa shape index (κ1) is 17.0. The number of nitrogens with one attached hydrogen (secondary N) is 2. The third-order valence-corrected chi connectivity index (χ3v) is 4.53. The molecule has 0 bridgehead atoms.